The minimum Gasteiger partial charge on any atom is -0.312 e. The van der Waals surface area contributed by atoms with Crippen LogP contribution in [0.4, 0.5) is 5.69 Å². The van der Waals surface area contributed by atoms with Crippen LogP contribution in [0.5, 0.6) is 0 Å². The highest BCUT2D eigenvalue weighted by molar-refractivity contribution is 6.30. The van der Waals surface area contributed by atoms with Crippen molar-refractivity contribution in [3.8, 4) is 11.1 Å². The maximum atomic E-state index is 11.9. The second kappa shape index (κ2) is 5.90. The first kappa shape index (κ1) is 14.2. The molecule has 21 heavy (non-hydrogen) atoms. The maximum absolute atomic E-state index is 11.9. The second-order valence-electron chi connectivity index (χ2n) is 5.35. The minimum absolute atomic E-state index is 0.233. The SMILES string of the molecule is CCc1cc(N2CCCC2=O)ccc1-c1ccc(Cl)cc1. The maximum Gasteiger partial charge on any atom is 0.227 e. The van der Waals surface area contributed by atoms with Gasteiger partial charge in [0, 0.05) is 23.7 Å². The molecule has 0 unspecified atom stereocenters. The van der Waals surface area contributed by atoms with E-state index in [2.05, 4.69) is 19.1 Å². The van der Waals surface area contributed by atoms with Crippen LogP contribution in [0.25, 0.3) is 11.1 Å². The van der Waals surface area contributed by atoms with Gasteiger partial charge in [-0.15, -0.1) is 0 Å². The molecule has 108 valence electrons. The van der Waals surface area contributed by atoms with Crippen LogP contribution >= 0.6 is 11.6 Å². The number of hydrogen-bond donors (Lipinski definition) is 0. The van der Waals surface area contributed by atoms with Gasteiger partial charge in [0.05, 0.1) is 0 Å². The summed E-state index contributed by atoms with van der Waals surface area (Å²) < 4.78 is 0. The van der Waals surface area contributed by atoms with E-state index < -0.39 is 0 Å². The van der Waals surface area contributed by atoms with Crippen molar-refractivity contribution in [3.05, 3.63) is 53.1 Å². The van der Waals surface area contributed by atoms with Crippen molar-refractivity contribution in [1.82, 2.24) is 0 Å². The topological polar surface area (TPSA) is 20.3 Å². The lowest BCUT2D eigenvalue weighted by atomic mass is 9.97. The number of rotatable bonds is 3. The fraction of sp³-hybridized carbons (Fsp3) is 0.278. The largest absolute Gasteiger partial charge is 0.312 e. The summed E-state index contributed by atoms with van der Waals surface area (Å²) in [4.78, 5) is 13.8. The van der Waals surface area contributed by atoms with Crippen LogP contribution in [0, 0.1) is 0 Å². The molecule has 2 aromatic carbocycles. The van der Waals surface area contributed by atoms with E-state index in [-0.39, 0.29) is 5.91 Å². The van der Waals surface area contributed by atoms with Crippen LogP contribution in [0.3, 0.4) is 0 Å². The van der Waals surface area contributed by atoms with Gasteiger partial charge in [-0.1, -0.05) is 36.7 Å². The number of anilines is 1. The molecule has 0 aromatic heterocycles. The van der Waals surface area contributed by atoms with E-state index in [0.717, 1.165) is 35.7 Å². The lowest BCUT2D eigenvalue weighted by Gasteiger charge is -2.18. The summed E-state index contributed by atoms with van der Waals surface area (Å²) >= 11 is 5.96. The molecule has 1 aliphatic rings. The van der Waals surface area contributed by atoms with Gasteiger partial charge in [-0.25, -0.2) is 0 Å². The summed E-state index contributed by atoms with van der Waals surface area (Å²) in [7, 11) is 0. The molecule has 3 rings (SSSR count). The molecule has 0 atom stereocenters. The van der Waals surface area contributed by atoms with Gasteiger partial charge in [-0.3, -0.25) is 4.79 Å². The highest BCUT2D eigenvalue weighted by Crippen LogP contribution is 2.30. The summed E-state index contributed by atoms with van der Waals surface area (Å²) in [6, 6.07) is 14.2. The number of benzene rings is 2. The smallest absolute Gasteiger partial charge is 0.227 e. The molecule has 0 N–H and O–H groups in total. The quantitative estimate of drug-likeness (QED) is 0.804. The van der Waals surface area contributed by atoms with E-state index in [1.807, 2.05) is 35.2 Å². The van der Waals surface area contributed by atoms with Gasteiger partial charge in [-0.05, 0) is 53.8 Å². The zero-order valence-corrected chi connectivity index (χ0v) is 12.9. The van der Waals surface area contributed by atoms with E-state index in [0.29, 0.717) is 6.42 Å². The Hall–Kier alpha value is -1.80. The van der Waals surface area contributed by atoms with Gasteiger partial charge in [-0.2, -0.15) is 0 Å². The molecule has 1 aliphatic heterocycles. The van der Waals surface area contributed by atoms with Crippen molar-refractivity contribution < 1.29 is 4.79 Å². The van der Waals surface area contributed by atoms with Crippen molar-refractivity contribution in [2.75, 3.05) is 11.4 Å². The van der Waals surface area contributed by atoms with Crippen molar-refractivity contribution in [2.24, 2.45) is 0 Å². The number of aryl methyl sites for hydroxylation is 1. The van der Waals surface area contributed by atoms with Gasteiger partial charge in [0.15, 0.2) is 0 Å². The fourth-order valence-electron chi connectivity index (χ4n) is 2.87. The molecule has 0 bridgehead atoms. The summed E-state index contributed by atoms with van der Waals surface area (Å²) in [6.07, 6.45) is 2.56. The Kier molecular flexibility index (Phi) is 3.98. The van der Waals surface area contributed by atoms with Gasteiger partial charge < -0.3 is 4.90 Å². The Morgan fingerprint density at radius 2 is 1.90 bits per heavy atom. The predicted octanol–water partition coefficient (Wildman–Crippen LogP) is 4.70. The molecule has 2 nitrogen and oxygen atoms in total. The van der Waals surface area contributed by atoms with E-state index >= 15 is 0 Å². The molecule has 1 saturated heterocycles. The van der Waals surface area contributed by atoms with Crippen LogP contribution < -0.4 is 4.90 Å². The van der Waals surface area contributed by atoms with Crippen LogP contribution in [0.2, 0.25) is 5.02 Å². The first-order valence-corrected chi connectivity index (χ1v) is 7.76. The molecule has 1 amide bonds. The average molecular weight is 300 g/mol. The highest BCUT2D eigenvalue weighted by atomic mass is 35.5. The van der Waals surface area contributed by atoms with Crippen LogP contribution in [-0.4, -0.2) is 12.5 Å². The summed E-state index contributed by atoms with van der Waals surface area (Å²) in [5.41, 5.74) is 4.65. The number of halogens is 1. The Labute approximate surface area is 130 Å². The first-order valence-electron chi connectivity index (χ1n) is 7.38. The lowest BCUT2D eigenvalue weighted by molar-refractivity contribution is -0.117. The number of carbonyl (C=O) groups is 1. The monoisotopic (exact) mass is 299 g/mol. The molecule has 0 aliphatic carbocycles. The molecule has 1 fully saturated rings. The molecule has 1 heterocycles. The Bertz CT molecular complexity index is 663. The molecular formula is C18H18ClNO. The first-order chi connectivity index (χ1) is 10.2. The highest BCUT2D eigenvalue weighted by Gasteiger charge is 2.22. The molecule has 3 heteroatoms. The predicted molar refractivity (Wildman–Crippen MR) is 87.9 cm³/mol. The molecule has 0 spiro atoms. The summed E-state index contributed by atoms with van der Waals surface area (Å²) in [5.74, 6) is 0.233. The average Bonchev–Trinajstić information content (AvgIpc) is 2.94. The van der Waals surface area contributed by atoms with Crippen LogP contribution in [0.15, 0.2) is 42.5 Å². The third kappa shape index (κ3) is 2.81. The van der Waals surface area contributed by atoms with E-state index in [1.54, 1.807) is 0 Å². The minimum atomic E-state index is 0.233. The Balaban J connectivity index is 1.99. The number of amides is 1. The van der Waals surface area contributed by atoms with Gasteiger partial charge in [0.1, 0.15) is 0 Å². The van der Waals surface area contributed by atoms with Gasteiger partial charge >= 0.3 is 0 Å². The van der Waals surface area contributed by atoms with Crippen molar-refractivity contribution >= 4 is 23.2 Å². The number of hydrogen-bond acceptors (Lipinski definition) is 1. The second-order valence-corrected chi connectivity index (χ2v) is 5.79. The van der Waals surface area contributed by atoms with Gasteiger partial charge in [0.25, 0.3) is 0 Å². The third-order valence-corrected chi connectivity index (χ3v) is 4.26. The molecule has 0 saturated carbocycles. The van der Waals surface area contributed by atoms with Crippen molar-refractivity contribution in [3.63, 3.8) is 0 Å². The number of nitrogens with zero attached hydrogens (tertiary/aromatic N) is 1. The lowest BCUT2D eigenvalue weighted by Crippen LogP contribution is -2.23. The van der Waals surface area contributed by atoms with E-state index in [4.69, 9.17) is 11.6 Å². The molecule has 0 radical (unpaired) electrons. The Morgan fingerprint density at radius 3 is 2.52 bits per heavy atom. The standard InChI is InChI=1S/C18H18ClNO/c1-2-13-12-16(20-11-3-4-18(20)21)9-10-17(13)14-5-7-15(19)8-6-14/h5-10,12H,2-4,11H2,1H3. The fourth-order valence-corrected chi connectivity index (χ4v) is 3.00. The molecule has 2 aromatic rings. The normalized spacial score (nSPS) is 14.8. The summed E-state index contributed by atoms with van der Waals surface area (Å²) in [5, 5.41) is 0.746. The Morgan fingerprint density at radius 1 is 1.14 bits per heavy atom. The summed E-state index contributed by atoms with van der Waals surface area (Å²) in [6.45, 7) is 2.98. The molecular weight excluding hydrogens is 282 g/mol. The van der Waals surface area contributed by atoms with Crippen molar-refractivity contribution in [1.29, 1.82) is 0 Å². The zero-order chi connectivity index (χ0) is 14.8. The van der Waals surface area contributed by atoms with Crippen molar-refractivity contribution in [2.45, 2.75) is 26.2 Å². The number of carbonyl (C=O) groups excluding carboxylic acids is 1. The van der Waals surface area contributed by atoms with E-state index in [1.165, 1.54) is 11.1 Å². The van der Waals surface area contributed by atoms with Gasteiger partial charge in [0.2, 0.25) is 5.91 Å². The van der Waals surface area contributed by atoms with Crippen LogP contribution in [-0.2, 0) is 11.2 Å². The van der Waals surface area contributed by atoms with Crippen LogP contribution in [0.1, 0.15) is 25.3 Å². The zero-order valence-electron chi connectivity index (χ0n) is 12.1. The third-order valence-electron chi connectivity index (χ3n) is 4.01. The van der Waals surface area contributed by atoms with E-state index in [9.17, 15) is 4.79 Å².